The highest BCUT2D eigenvalue weighted by atomic mass is 79.9. The summed E-state index contributed by atoms with van der Waals surface area (Å²) in [6, 6.07) is 0. The van der Waals surface area contributed by atoms with Crippen LogP contribution in [0.15, 0.2) is 9.40 Å². The second-order valence-electron chi connectivity index (χ2n) is 5.27. The Hall–Kier alpha value is -1.41. The zero-order valence-corrected chi connectivity index (χ0v) is 12.1. The summed E-state index contributed by atoms with van der Waals surface area (Å²) in [5, 5.41) is 7.16. The van der Waals surface area contributed by atoms with Gasteiger partial charge in [0.25, 0.3) is 5.56 Å². The van der Waals surface area contributed by atoms with Gasteiger partial charge in [-0.25, -0.2) is 0 Å². The standard InChI is InChI=1S/C11H15BrN6O/c1-11(13)2-4-18(5-3-11)10-14-8-6(9(19)15-10)7(12)16-17-8/h2-5,13H2,1H3,(H2,14,15,16,17,19). The maximum Gasteiger partial charge on any atom is 0.264 e. The molecule has 0 radical (unpaired) electrons. The fourth-order valence-electron chi connectivity index (χ4n) is 2.27. The van der Waals surface area contributed by atoms with Gasteiger partial charge in [-0.2, -0.15) is 10.1 Å². The van der Waals surface area contributed by atoms with Gasteiger partial charge in [0, 0.05) is 18.6 Å². The molecule has 3 heterocycles. The molecule has 0 saturated carbocycles. The number of aromatic amines is 2. The van der Waals surface area contributed by atoms with E-state index in [9.17, 15) is 4.79 Å². The summed E-state index contributed by atoms with van der Waals surface area (Å²) in [6.07, 6.45) is 1.75. The maximum atomic E-state index is 12.0. The number of hydrogen-bond donors (Lipinski definition) is 3. The lowest BCUT2D eigenvalue weighted by atomic mass is 9.91. The quantitative estimate of drug-likeness (QED) is 0.716. The molecule has 1 aliphatic rings. The van der Waals surface area contributed by atoms with Crippen LogP contribution in [-0.2, 0) is 0 Å². The van der Waals surface area contributed by atoms with E-state index < -0.39 is 0 Å². The van der Waals surface area contributed by atoms with Gasteiger partial charge in [-0.05, 0) is 35.7 Å². The van der Waals surface area contributed by atoms with Crippen LogP contribution >= 0.6 is 15.9 Å². The van der Waals surface area contributed by atoms with Gasteiger partial charge in [0.15, 0.2) is 5.65 Å². The lowest BCUT2D eigenvalue weighted by molar-refractivity contribution is 0.362. The first-order valence-corrected chi connectivity index (χ1v) is 6.93. The fraction of sp³-hybridized carbons (Fsp3) is 0.545. The first-order chi connectivity index (χ1) is 8.96. The number of hydrogen-bond acceptors (Lipinski definition) is 5. The molecule has 0 bridgehead atoms. The molecule has 0 spiro atoms. The number of rotatable bonds is 1. The number of fused-ring (bicyclic) bond motifs is 1. The van der Waals surface area contributed by atoms with Gasteiger partial charge in [0.05, 0.1) is 0 Å². The number of nitrogens with zero attached hydrogens (tertiary/aromatic N) is 3. The molecule has 1 fully saturated rings. The van der Waals surface area contributed by atoms with E-state index in [4.69, 9.17) is 5.73 Å². The van der Waals surface area contributed by atoms with Crippen LogP contribution < -0.4 is 16.2 Å². The average molecular weight is 327 g/mol. The summed E-state index contributed by atoms with van der Waals surface area (Å²) in [5.41, 5.74) is 6.20. The van der Waals surface area contributed by atoms with Crippen molar-refractivity contribution in [3.63, 3.8) is 0 Å². The summed E-state index contributed by atoms with van der Waals surface area (Å²) in [6.45, 7) is 3.62. The van der Waals surface area contributed by atoms with Crippen molar-refractivity contribution in [3.05, 3.63) is 15.0 Å². The molecular weight excluding hydrogens is 312 g/mol. The van der Waals surface area contributed by atoms with Crippen molar-refractivity contribution in [2.24, 2.45) is 5.73 Å². The van der Waals surface area contributed by atoms with Gasteiger partial charge in [-0.15, -0.1) is 0 Å². The normalized spacial score (nSPS) is 19.0. The lowest BCUT2D eigenvalue weighted by Crippen LogP contribution is -2.48. The summed E-state index contributed by atoms with van der Waals surface area (Å²) in [4.78, 5) is 21.2. The predicted octanol–water partition coefficient (Wildman–Crippen LogP) is 0.726. The van der Waals surface area contributed by atoms with Crippen LogP contribution in [0.2, 0.25) is 0 Å². The Balaban J connectivity index is 1.96. The number of halogens is 1. The van der Waals surface area contributed by atoms with Crippen molar-refractivity contribution in [1.82, 2.24) is 20.2 Å². The molecule has 4 N–H and O–H groups in total. The third-order valence-corrected chi connectivity index (χ3v) is 4.15. The van der Waals surface area contributed by atoms with Crippen LogP contribution in [0.1, 0.15) is 19.8 Å². The number of aromatic nitrogens is 4. The van der Waals surface area contributed by atoms with Crippen molar-refractivity contribution in [1.29, 1.82) is 0 Å². The summed E-state index contributed by atoms with van der Waals surface area (Å²) >= 11 is 3.24. The van der Waals surface area contributed by atoms with Crippen molar-refractivity contribution in [3.8, 4) is 0 Å². The van der Waals surface area contributed by atoms with Gasteiger partial charge >= 0.3 is 0 Å². The Bertz CT molecular complexity index is 665. The molecule has 0 unspecified atom stereocenters. The first-order valence-electron chi connectivity index (χ1n) is 6.14. The molecule has 2 aromatic rings. The molecule has 1 aliphatic heterocycles. The third-order valence-electron chi connectivity index (χ3n) is 3.57. The van der Waals surface area contributed by atoms with Crippen LogP contribution in [0.4, 0.5) is 5.95 Å². The number of nitrogens with one attached hydrogen (secondary N) is 2. The number of piperidine rings is 1. The monoisotopic (exact) mass is 326 g/mol. The Morgan fingerprint density at radius 3 is 2.79 bits per heavy atom. The second-order valence-corrected chi connectivity index (χ2v) is 6.06. The molecule has 8 heteroatoms. The second kappa shape index (κ2) is 4.31. The maximum absolute atomic E-state index is 12.0. The highest BCUT2D eigenvalue weighted by Gasteiger charge is 2.27. The SMILES string of the molecule is CC1(N)CCN(c2nc3n[nH]c(Br)c3c(=O)[nH]2)CC1. The van der Waals surface area contributed by atoms with E-state index in [1.165, 1.54) is 0 Å². The van der Waals surface area contributed by atoms with E-state index in [-0.39, 0.29) is 11.1 Å². The van der Waals surface area contributed by atoms with Gasteiger partial charge in [-0.1, -0.05) is 0 Å². The van der Waals surface area contributed by atoms with Gasteiger partial charge in [-0.3, -0.25) is 14.9 Å². The zero-order valence-electron chi connectivity index (χ0n) is 10.5. The van der Waals surface area contributed by atoms with Gasteiger partial charge in [0.1, 0.15) is 9.99 Å². The first kappa shape index (κ1) is 12.6. The lowest BCUT2D eigenvalue weighted by Gasteiger charge is -2.36. The molecular formula is C11H15BrN6O. The van der Waals surface area contributed by atoms with Gasteiger partial charge < -0.3 is 10.6 Å². The molecule has 102 valence electrons. The Kier molecular flexibility index (Phi) is 2.86. The van der Waals surface area contributed by atoms with Crippen LogP contribution in [0.3, 0.4) is 0 Å². The molecule has 0 aliphatic carbocycles. The number of nitrogens with two attached hydrogens (primary N) is 1. The van der Waals surface area contributed by atoms with Crippen molar-refractivity contribution in [2.75, 3.05) is 18.0 Å². The highest BCUT2D eigenvalue weighted by molar-refractivity contribution is 9.10. The molecule has 0 amide bonds. The van der Waals surface area contributed by atoms with Crippen LogP contribution in [0.25, 0.3) is 11.0 Å². The molecule has 0 atom stereocenters. The minimum absolute atomic E-state index is 0.129. The molecule has 0 aromatic carbocycles. The van der Waals surface area contributed by atoms with E-state index in [2.05, 4.69) is 43.0 Å². The Morgan fingerprint density at radius 2 is 2.11 bits per heavy atom. The Morgan fingerprint density at radius 1 is 1.42 bits per heavy atom. The minimum Gasteiger partial charge on any atom is -0.342 e. The molecule has 19 heavy (non-hydrogen) atoms. The van der Waals surface area contributed by atoms with E-state index in [1.54, 1.807) is 0 Å². The number of anilines is 1. The van der Waals surface area contributed by atoms with E-state index in [0.717, 1.165) is 25.9 Å². The van der Waals surface area contributed by atoms with E-state index in [1.807, 2.05) is 4.90 Å². The summed E-state index contributed by atoms with van der Waals surface area (Å²) in [5.74, 6) is 0.562. The fourth-order valence-corrected chi connectivity index (χ4v) is 2.71. The Labute approximate surface area is 117 Å². The predicted molar refractivity (Wildman–Crippen MR) is 76.2 cm³/mol. The average Bonchev–Trinajstić information content (AvgIpc) is 2.71. The van der Waals surface area contributed by atoms with Crippen LogP contribution in [0.5, 0.6) is 0 Å². The molecule has 7 nitrogen and oxygen atoms in total. The van der Waals surface area contributed by atoms with Crippen LogP contribution in [0, 0.1) is 0 Å². The van der Waals surface area contributed by atoms with Crippen molar-refractivity contribution in [2.45, 2.75) is 25.3 Å². The number of H-pyrrole nitrogens is 2. The summed E-state index contributed by atoms with van der Waals surface area (Å²) < 4.78 is 0.552. The molecule has 3 rings (SSSR count). The largest absolute Gasteiger partial charge is 0.342 e. The van der Waals surface area contributed by atoms with E-state index >= 15 is 0 Å². The van der Waals surface area contributed by atoms with E-state index in [0.29, 0.717) is 21.6 Å². The van der Waals surface area contributed by atoms with Crippen molar-refractivity contribution >= 4 is 32.9 Å². The smallest absolute Gasteiger partial charge is 0.264 e. The van der Waals surface area contributed by atoms with Crippen molar-refractivity contribution < 1.29 is 0 Å². The van der Waals surface area contributed by atoms with Crippen LogP contribution in [-0.4, -0.2) is 38.8 Å². The molecule has 2 aromatic heterocycles. The highest BCUT2D eigenvalue weighted by Crippen LogP contribution is 2.23. The zero-order chi connectivity index (χ0) is 13.6. The molecule has 1 saturated heterocycles. The topological polar surface area (TPSA) is 104 Å². The van der Waals surface area contributed by atoms with Gasteiger partial charge in [0.2, 0.25) is 5.95 Å². The third kappa shape index (κ3) is 2.25. The summed E-state index contributed by atoms with van der Waals surface area (Å²) in [7, 11) is 0. The minimum atomic E-state index is -0.193.